The fourth-order valence-corrected chi connectivity index (χ4v) is 2.90. The van der Waals surface area contributed by atoms with Gasteiger partial charge in [-0.05, 0) is 43.4 Å². The first-order valence-electron chi connectivity index (χ1n) is 9.10. The first-order chi connectivity index (χ1) is 13.2. The number of carbonyl (C=O) groups is 1. The van der Waals surface area contributed by atoms with E-state index in [2.05, 4.69) is 27.1 Å². The summed E-state index contributed by atoms with van der Waals surface area (Å²) in [6.45, 7) is 4.75. The van der Waals surface area contributed by atoms with Gasteiger partial charge in [-0.25, -0.2) is 0 Å². The standard InChI is InChI=1S/C20H26N4O3/c1-23-10-12-24(13-11-23)16-7-8-21-19(15-16)20(25)22-9-14-27-18-5-3-17(26-2)4-6-18/h3-8,15H,9-14H2,1-2H3,(H,22,25). The molecule has 2 aromatic rings. The summed E-state index contributed by atoms with van der Waals surface area (Å²) in [6, 6.07) is 11.1. The van der Waals surface area contributed by atoms with Gasteiger partial charge in [-0.15, -0.1) is 0 Å². The average Bonchev–Trinajstić information content (AvgIpc) is 2.72. The summed E-state index contributed by atoms with van der Waals surface area (Å²) in [4.78, 5) is 21.1. The zero-order chi connectivity index (χ0) is 19.1. The minimum atomic E-state index is -0.190. The number of nitrogens with one attached hydrogen (secondary N) is 1. The smallest absolute Gasteiger partial charge is 0.270 e. The molecule has 1 aliphatic heterocycles. The normalized spacial score (nSPS) is 14.7. The summed E-state index contributed by atoms with van der Waals surface area (Å²) in [5.41, 5.74) is 1.47. The summed E-state index contributed by atoms with van der Waals surface area (Å²) in [5.74, 6) is 1.33. The number of likely N-dealkylation sites (N-methyl/N-ethyl adjacent to an activating group) is 1. The molecule has 0 unspecified atom stereocenters. The maximum atomic E-state index is 12.4. The number of hydrogen-bond acceptors (Lipinski definition) is 6. The third-order valence-electron chi connectivity index (χ3n) is 4.56. The predicted octanol–water partition coefficient (Wildman–Crippen LogP) is 1.65. The summed E-state index contributed by atoms with van der Waals surface area (Å²) in [6.07, 6.45) is 1.69. The van der Waals surface area contributed by atoms with E-state index in [4.69, 9.17) is 9.47 Å². The average molecular weight is 370 g/mol. The van der Waals surface area contributed by atoms with Crippen LogP contribution < -0.4 is 19.7 Å². The highest BCUT2D eigenvalue weighted by Crippen LogP contribution is 2.17. The van der Waals surface area contributed by atoms with Crippen molar-refractivity contribution in [2.24, 2.45) is 0 Å². The van der Waals surface area contributed by atoms with E-state index in [-0.39, 0.29) is 5.91 Å². The molecule has 1 saturated heterocycles. The Morgan fingerprint density at radius 1 is 1.11 bits per heavy atom. The van der Waals surface area contributed by atoms with E-state index in [0.717, 1.165) is 43.4 Å². The number of piperazine rings is 1. The van der Waals surface area contributed by atoms with Crippen molar-refractivity contribution in [2.45, 2.75) is 0 Å². The molecule has 1 fully saturated rings. The Kier molecular flexibility index (Phi) is 6.49. The van der Waals surface area contributed by atoms with Gasteiger partial charge in [-0.3, -0.25) is 9.78 Å². The topological polar surface area (TPSA) is 66.9 Å². The molecule has 1 aliphatic rings. The second-order valence-corrected chi connectivity index (χ2v) is 6.47. The van der Waals surface area contributed by atoms with Crippen LogP contribution in [0.2, 0.25) is 0 Å². The number of benzene rings is 1. The third kappa shape index (κ3) is 5.34. The molecule has 0 spiro atoms. The van der Waals surface area contributed by atoms with Crippen LogP contribution in [0.15, 0.2) is 42.6 Å². The monoisotopic (exact) mass is 370 g/mol. The van der Waals surface area contributed by atoms with Gasteiger partial charge in [0.2, 0.25) is 0 Å². The van der Waals surface area contributed by atoms with E-state index >= 15 is 0 Å². The second-order valence-electron chi connectivity index (χ2n) is 6.47. The first-order valence-corrected chi connectivity index (χ1v) is 9.10. The Morgan fingerprint density at radius 3 is 2.52 bits per heavy atom. The third-order valence-corrected chi connectivity index (χ3v) is 4.56. The van der Waals surface area contributed by atoms with Gasteiger partial charge < -0.3 is 24.6 Å². The Morgan fingerprint density at radius 2 is 1.81 bits per heavy atom. The zero-order valence-corrected chi connectivity index (χ0v) is 15.9. The summed E-state index contributed by atoms with van der Waals surface area (Å²) < 4.78 is 10.7. The molecule has 0 saturated carbocycles. The molecule has 7 heteroatoms. The van der Waals surface area contributed by atoms with Crippen molar-refractivity contribution in [2.75, 3.05) is 58.4 Å². The number of nitrogens with zero attached hydrogens (tertiary/aromatic N) is 3. The minimum Gasteiger partial charge on any atom is -0.497 e. The van der Waals surface area contributed by atoms with Crippen LogP contribution in [0.5, 0.6) is 11.5 Å². The molecule has 2 heterocycles. The lowest BCUT2D eigenvalue weighted by Crippen LogP contribution is -2.44. The molecule has 1 aromatic carbocycles. The molecular formula is C20H26N4O3. The number of methoxy groups -OCH3 is 1. The van der Waals surface area contributed by atoms with Crippen molar-refractivity contribution in [3.63, 3.8) is 0 Å². The number of ether oxygens (including phenoxy) is 2. The Bertz CT molecular complexity index is 743. The summed E-state index contributed by atoms with van der Waals surface area (Å²) in [5, 5.41) is 2.85. The fourth-order valence-electron chi connectivity index (χ4n) is 2.90. The maximum Gasteiger partial charge on any atom is 0.270 e. The van der Waals surface area contributed by atoms with Crippen LogP contribution in [0.1, 0.15) is 10.5 Å². The lowest BCUT2D eigenvalue weighted by atomic mass is 10.2. The van der Waals surface area contributed by atoms with Crippen molar-refractivity contribution >= 4 is 11.6 Å². The molecule has 144 valence electrons. The number of pyridine rings is 1. The first kappa shape index (κ1) is 19.0. The van der Waals surface area contributed by atoms with Gasteiger partial charge in [0.25, 0.3) is 5.91 Å². The molecule has 0 atom stereocenters. The van der Waals surface area contributed by atoms with Gasteiger partial charge in [-0.2, -0.15) is 0 Å². The minimum absolute atomic E-state index is 0.190. The predicted molar refractivity (Wildman–Crippen MR) is 105 cm³/mol. The lowest BCUT2D eigenvalue weighted by Gasteiger charge is -2.34. The molecule has 1 aromatic heterocycles. The zero-order valence-electron chi connectivity index (χ0n) is 15.9. The molecule has 0 bridgehead atoms. The van der Waals surface area contributed by atoms with Crippen molar-refractivity contribution in [1.29, 1.82) is 0 Å². The Hall–Kier alpha value is -2.80. The molecule has 0 radical (unpaired) electrons. The van der Waals surface area contributed by atoms with E-state index < -0.39 is 0 Å². The van der Waals surface area contributed by atoms with E-state index in [1.165, 1.54) is 0 Å². The Balaban J connectivity index is 1.47. The van der Waals surface area contributed by atoms with Crippen LogP contribution in [0.4, 0.5) is 5.69 Å². The van der Waals surface area contributed by atoms with Crippen molar-refractivity contribution in [1.82, 2.24) is 15.2 Å². The lowest BCUT2D eigenvalue weighted by molar-refractivity contribution is 0.0942. The van der Waals surface area contributed by atoms with Gasteiger partial charge in [0.15, 0.2) is 0 Å². The summed E-state index contributed by atoms with van der Waals surface area (Å²) >= 11 is 0. The number of hydrogen-bond donors (Lipinski definition) is 1. The second kappa shape index (κ2) is 9.23. The number of aromatic nitrogens is 1. The van der Waals surface area contributed by atoms with Crippen molar-refractivity contribution < 1.29 is 14.3 Å². The Labute approximate surface area is 159 Å². The molecule has 27 heavy (non-hydrogen) atoms. The van der Waals surface area contributed by atoms with E-state index in [1.807, 2.05) is 36.4 Å². The van der Waals surface area contributed by atoms with Crippen LogP contribution in [-0.4, -0.2) is 69.3 Å². The largest absolute Gasteiger partial charge is 0.497 e. The van der Waals surface area contributed by atoms with Crippen LogP contribution in [0, 0.1) is 0 Å². The van der Waals surface area contributed by atoms with Crippen LogP contribution >= 0.6 is 0 Å². The van der Waals surface area contributed by atoms with E-state index in [1.54, 1.807) is 13.3 Å². The number of carbonyl (C=O) groups excluding carboxylic acids is 1. The highest BCUT2D eigenvalue weighted by Gasteiger charge is 2.16. The van der Waals surface area contributed by atoms with E-state index in [0.29, 0.717) is 18.8 Å². The highest BCUT2D eigenvalue weighted by molar-refractivity contribution is 5.93. The molecule has 1 amide bonds. The molecule has 0 aliphatic carbocycles. The van der Waals surface area contributed by atoms with Crippen LogP contribution in [-0.2, 0) is 0 Å². The maximum absolute atomic E-state index is 12.4. The van der Waals surface area contributed by atoms with Gasteiger partial charge in [-0.1, -0.05) is 0 Å². The molecule has 3 rings (SSSR count). The summed E-state index contributed by atoms with van der Waals surface area (Å²) in [7, 11) is 3.74. The van der Waals surface area contributed by atoms with Crippen LogP contribution in [0.3, 0.4) is 0 Å². The highest BCUT2D eigenvalue weighted by atomic mass is 16.5. The van der Waals surface area contributed by atoms with Crippen molar-refractivity contribution in [3.8, 4) is 11.5 Å². The number of amides is 1. The quantitative estimate of drug-likeness (QED) is 0.748. The molecule has 1 N–H and O–H groups in total. The van der Waals surface area contributed by atoms with Gasteiger partial charge in [0.1, 0.15) is 23.8 Å². The fraction of sp³-hybridized carbons (Fsp3) is 0.400. The molecule has 7 nitrogen and oxygen atoms in total. The number of rotatable bonds is 7. The SMILES string of the molecule is COc1ccc(OCCNC(=O)c2cc(N3CCN(C)CC3)ccn2)cc1. The van der Waals surface area contributed by atoms with E-state index in [9.17, 15) is 4.79 Å². The van der Waals surface area contributed by atoms with Gasteiger partial charge >= 0.3 is 0 Å². The van der Waals surface area contributed by atoms with Gasteiger partial charge in [0, 0.05) is 38.1 Å². The van der Waals surface area contributed by atoms with Crippen molar-refractivity contribution in [3.05, 3.63) is 48.3 Å². The molecular weight excluding hydrogens is 344 g/mol. The van der Waals surface area contributed by atoms with Gasteiger partial charge in [0.05, 0.1) is 13.7 Å². The number of anilines is 1. The van der Waals surface area contributed by atoms with Crippen LogP contribution in [0.25, 0.3) is 0 Å².